The highest BCUT2D eigenvalue weighted by Crippen LogP contribution is 2.34. The Hall–Kier alpha value is -3.27. The van der Waals surface area contributed by atoms with Gasteiger partial charge in [0.1, 0.15) is 0 Å². The molecule has 0 fully saturated rings. The van der Waals surface area contributed by atoms with Crippen LogP contribution in [-0.2, 0) is 0 Å². The van der Waals surface area contributed by atoms with Crippen molar-refractivity contribution in [3.8, 4) is 22.4 Å². The van der Waals surface area contributed by atoms with Gasteiger partial charge in [-0.2, -0.15) is 5.10 Å². The molecule has 0 saturated carbocycles. The molecule has 0 amide bonds. The first-order chi connectivity index (χ1) is 12.9. The van der Waals surface area contributed by atoms with Crippen LogP contribution in [0.15, 0.2) is 67.1 Å². The number of aromatic amines is 1. The molecule has 0 aliphatic heterocycles. The molecule has 0 unspecified atom stereocenters. The summed E-state index contributed by atoms with van der Waals surface area (Å²) in [4.78, 5) is 9.17. The number of allylic oxidation sites excluding steroid dienone is 2. The van der Waals surface area contributed by atoms with Crippen LogP contribution in [0.25, 0.3) is 39.0 Å². The van der Waals surface area contributed by atoms with Crippen molar-refractivity contribution in [1.82, 2.24) is 20.2 Å². The molecule has 4 aromatic rings. The average molecular weight is 338 g/mol. The summed E-state index contributed by atoms with van der Waals surface area (Å²) in [6, 6.07) is 14.9. The summed E-state index contributed by atoms with van der Waals surface area (Å²) in [5.41, 5.74) is 7.81. The standard InChI is InChI=1S/C22H18N4/c1-2-6-15(5-1)16-7-3-8-17(11-16)21-20(9-4-10-23-21)18-12-19-14-25-26-22(19)24-13-18/h3-5,7-14H,1-2,6H2,(H,24,25,26). The summed E-state index contributed by atoms with van der Waals surface area (Å²) in [6.45, 7) is 0. The smallest absolute Gasteiger partial charge is 0.155 e. The zero-order chi connectivity index (χ0) is 17.3. The van der Waals surface area contributed by atoms with E-state index in [-0.39, 0.29) is 0 Å². The third-order valence-corrected chi connectivity index (χ3v) is 4.96. The first-order valence-electron chi connectivity index (χ1n) is 8.93. The van der Waals surface area contributed by atoms with Gasteiger partial charge in [-0.05, 0) is 48.6 Å². The molecule has 3 aromatic heterocycles. The molecule has 1 aliphatic carbocycles. The SMILES string of the molecule is C1=C(c2cccc(-c3ncccc3-c3cnc4[nH]ncc4c3)c2)CCC1. The number of hydrogen-bond donors (Lipinski definition) is 1. The Bertz CT molecular complexity index is 1120. The number of nitrogens with one attached hydrogen (secondary N) is 1. The highest BCUT2D eigenvalue weighted by atomic mass is 15.1. The topological polar surface area (TPSA) is 54.5 Å². The molecular formula is C22H18N4. The van der Waals surface area contributed by atoms with Crippen molar-refractivity contribution in [2.45, 2.75) is 19.3 Å². The quantitative estimate of drug-likeness (QED) is 0.555. The van der Waals surface area contributed by atoms with Crippen LogP contribution in [0.4, 0.5) is 0 Å². The second kappa shape index (κ2) is 6.23. The number of benzene rings is 1. The van der Waals surface area contributed by atoms with Crippen molar-refractivity contribution < 1.29 is 0 Å². The summed E-state index contributed by atoms with van der Waals surface area (Å²) in [5.74, 6) is 0. The van der Waals surface area contributed by atoms with Gasteiger partial charge in [-0.15, -0.1) is 0 Å². The number of aromatic nitrogens is 4. The Morgan fingerprint density at radius 1 is 0.885 bits per heavy atom. The largest absolute Gasteiger partial charge is 0.261 e. The Morgan fingerprint density at radius 2 is 1.85 bits per heavy atom. The summed E-state index contributed by atoms with van der Waals surface area (Å²) < 4.78 is 0. The average Bonchev–Trinajstić information content (AvgIpc) is 3.39. The van der Waals surface area contributed by atoms with E-state index in [0.29, 0.717) is 0 Å². The number of hydrogen-bond acceptors (Lipinski definition) is 3. The molecule has 26 heavy (non-hydrogen) atoms. The van der Waals surface area contributed by atoms with Gasteiger partial charge in [0.15, 0.2) is 5.65 Å². The van der Waals surface area contributed by atoms with E-state index in [0.717, 1.165) is 33.4 Å². The lowest BCUT2D eigenvalue weighted by Crippen LogP contribution is -1.91. The minimum absolute atomic E-state index is 0.800. The molecule has 1 aromatic carbocycles. The van der Waals surface area contributed by atoms with Gasteiger partial charge in [-0.1, -0.05) is 30.3 Å². The van der Waals surface area contributed by atoms with Crippen LogP contribution < -0.4 is 0 Å². The van der Waals surface area contributed by atoms with Crippen molar-refractivity contribution >= 4 is 16.6 Å². The maximum Gasteiger partial charge on any atom is 0.155 e. The van der Waals surface area contributed by atoms with Crippen molar-refractivity contribution in [2.24, 2.45) is 0 Å². The van der Waals surface area contributed by atoms with E-state index in [1.165, 1.54) is 30.4 Å². The number of nitrogens with zero attached hydrogens (tertiary/aromatic N) is 3. The predicted octanol–water partition coefficient (Wildman–Crippen LogP) is 5.25. The maximum atomic E-state index is 4.69. The van der Waals surface area contributed by atoms with Crippen molar-refractivity contribution in [2.75, 3.05) is 0 Å². The number of fused-ring (bicyclic) bond motifs is 1. The van der Waals surface area contributed by atoms with E-state index in [1.807, 2.05) is 18.5 Å². The summed E-state index contributed by atoms with van der Waals surface area (Å²) in [6.07, 6.45) is 11.5. The van der Waals surface area contributed by atoms with E-state index in [2.05, 4.69) is 57.7 Å². The minimum Gasteiger partial charge on any atom is -0.261 e. The molecule has 0 radical (unpaired) electrons. The highest BCUT2D eigenvalue weighted by molar-refractivity contribution is 5.86. The van der Waals surface area contributed by atoms with E-state index >= 15 is 0 Å². The fourth-order valence-electron chi connectivity index (χ4n) is 3.65. The Balaban J connectivity index is 1.63. The van der Waals surface area contributed by atoms with E-state index in [9.17, 15) is 0 Å². The summed E-state index contributed by atoms with van der Waals surface area (Å²) in [5, 5.41) is 7.97. The molecule has 4 nitrogen and oxygen atoms in total. The van der Waals surface area contributed by atoms with Crippen LogP contribution in [0.2, 0.25) is 0 Å². The van der Waals surface area contributed by atoms with Crippen molar-refractivity contribution in [3.05, 3.63) is 72.7 Å². The molecule has 1 aliphatic rings. The fourth-order valence-corrected chi connectivity index (χ4v) is 3.65. The van der Waals surface area contributed by atoms with Gasteiger partial charge >= 0.3 is 0 Å². The number of rotatable bonds is 3. The van der Waals surface area contributed by atoms with Crippen LogP contribution in [0.1, 0.15) is 24.8 Å². The van der Waals surface area contributed by atoms with E-state index in [4.69, 9.17) is 4.98 Å². The van der Waals surface area contributed by atoms with Crippen molar-refractivity contribution in [1.29, 1.82) is 0 Å². The first kappa shape index (κ1) is 15.0. The summed E-state index contributed by atoms with van der Waals surface area (Å²) >= 11 is 0. The maximum absolute atomic E-state index is 4.69. The van der Waals surface area contributed by atoms with Crippen LogP contribution in [0.5, 0.6) is 0 Å². The molecule has 0 atom stereocenters. The van der Waals surface area contributed by atoms with Crippen LogP contribution in [-0.4, -0.2) is 20.2 Å². The van der Waals surface area contributed by atoms with Gasteiger partial charge in [0.25, 0.3) is 0 Å². The molecule has 4 heteroatoms. The van der Waals surface area contributed by atoms with Gasteiger partial charge in [0, 0.05) is 34.5 Å². The van der Waals surface area contributed by atoms with Gasteiger partial charge in [0.05, 0.1) is 11.9 Å². The van der Waals surface area contributed by atoms with E-state index < -0.39 is 0 Å². The van der Waals surface area contributed by atoms with Crippen molar-refractivity contribution in [3.63, 3.8) is 0 Å². The molecule has 5 rings (SSSR count). The lowest BCUT2D eigenvalue weighted by atomic mass is 9.96. The van der Waals surface area contributed by atoms with Crippen LogP contribution in [0, 0.1) is 0 Å². The highest BCUT2D eigenvalue weighted by Gasteiger charge is 2.13. The van der Waals surface area contributed by atoms with E-state index in [1.54, 1.807) is 6.20 Å². The fraction of sp³-hybridized carbons (Fsp3) is 0.136. The molecule has 0 saturated heterocycles. The Labute approximate surface area is 151 Å². The van der Waals surface area contributed by atoms with Gasteiger partial charge in [0.2, 0.25) is 0 Å². The molecule has 3 heterocycles. The second-order valence-corrected chi connectivity index (χ2v) is 6.63. The summed E-state index contributed by atoms with van der Waals surface area (Å²) in [7, 11) is 0. The number of pyridine rings is 2. The van der Waals surface area contributed by atoms with Gasteiger partial charge in [-0.3, -0.25) is 10.1 Å². The molecule has 126 valence electrons. The first-order valence-corrected chi connectivity index (χ1v) is 8.93. The number of H-pyrrole nitrogens is 1. The third kappa shape index (κ3) is 2.60. The van der Waals surface area contributed by atoms with Gasteiger partial charge in [-0.25, -0.2) is 4.98 Å². The monoisotopic (exact) mass is 338 g/mol. The zero-order valence-corrected chi connectivity index (χ0v) is 14.3. The van der Waals surface area contributed by atoms with Crippen LogP contribution >= 0.6 is 0 Å². The van der Waals surface area contributed by atoms with Gasteiger partial charge < -0.3 is 0 Å². The lowest BCUT2D eigenvalue weighted by molar-refractivity contribution is 0.935. The third-order valence-electron chi connectivity index (χ3n) is 4.96. The Kier molecular flexibility index (Phi) is 3.60. The zero-order valence-electron chi connectivity index (χ0n) is 14.3. The minimum atomic E-state index is 0.800. The molecule has 0 spiro atoms. The normalized spacial score (nSPS) is 13.9. The van der Waals surface area contributed by atoms with Crippen LogP contribution in [0.3, 0.4) is 0 Å². The predicted molar refractivity (Wildman–Crippen MR) is 104 cm³/mol. The molecular weight excluding hydrogens is 320 g/mol. The molecule has 1 N–H and O–H groups in total. The lowest BCUT2D eigenvalue weighted by Gasteiger charge is -2.11. The Morgan fingerprint density at radius 3 is 2.77 bits per heavy atom. The molecule has 0 bridgehead atoms. The second-order valence-electron chi connectivity index (χ2n) is 6.63.